The lowest BCUT2D eigenvalue weighted by Crippen LogP contribution is -1.87. The quantitative estimate of drug-likeness (QED) is 0.616. The first-order valence-electron chi connectivity index (χ1n) is 3.02. The molecule has 56 valence electrons. The molecule has 1 unspecified atom stereocenters. The molecule has 0 N–H and O–H groups in total. The predicted octanol–water partition coefficient (Wildman–Crippen LogP) is 1.74. The zero-order valence-corrected chi connectivity index (χ0v) is 7.02. The topological polar surface area (TPSA) is 30.0 Å². The van der Waals surface area contributed by atoms with Crippen molar-refractivity contribution >= 4 is 27.4 Å². The van der Waals surface area contributed by atoms with Gasteiger partial charge in [0.2, 0.25) is 0 Å². The number of pyridine rings is 1. The molecule has 1 aromatic rings. The molecule has 11 heavy (non-hydrogen) atoms. The van der Waals surface area contributed by atoms with Crippen LogP contribution in [0, 0.1) is 0 Å². The molecule has 0 amide bonds. The Hall–Kier alpha value is -0.670. The highest BCUT2D eigenvalue weighted by molar-refractivity contribution is 7.88. The first kappa shape index (κ1) is 7.00. The van der Waals surface area contributed by atoms with Gasteiger partial charge in [-0.25, -0.2) is 9.19 Å². The van der Waals surface area contributed by atoms with Crippen molar-refractivity contribution in [2.24, 2.45) is 0 Å². The van der Waals surface area contributed by atoms with E-state index in [1.807, 2.05) is 6.07 Å². The predicted molar refractivity (Wildman–Crippen MR) is 44.5 cm³/mol. The number of fused-ring (bicyclic) bond motifs is 1. The van der Waals surface area contributed by atoms with Crippen LogP contribution in [-0.4, -0.2) is 9.19 Å². The van der Waals surface area contributed by atoms with Gasteiger partial charge < -0.3 is 0 Å². The molecule has 2 heterocycles. The SMILES string of the molecule is O=S1C=C(Cl)c2cccnc21. The van der Waals surface area contributed by atoms with Crippen molar-refractivity contribution in [1.82, 2.24) is 4.98 Å². The molecule has 0 aliphatic carbocycles. The molecular formula is C7H4ClNOS. The van der Waals surface area contributed by atoms with Gasteiger partial charge in [-0.3, -0.25) is 0 Å². The highest BCUT2D eigenvalue weighted by atomic mass is 35.5. The van der Waals surface area contributed by atoms with Gasteiger partial charge in [0.1, 0.15) is 5.03 Å². The van der Waals surface area contributed by atoms with Crippen LogP contribution in [0.1, 0.15) is 5.56 Å². The van der Waals surface area contributed by atoms with Crippen molar-refractivity contribution < 1.29 is 4.21 Å². The zero-order chi connectivity index (χ0) is 7.84. The molecule has 4 heteroatoms. The normalized spacial score (nSPS) is 21.2. The Morgan fingerprint density at radius 1 is 1.55 bits per heavy atom. The number of nitrogens with zero attached hydrogens (tertiary/aromatic N) is 1. The van der Waals surface area contributed by atoms with E-state index in [1.165, 1.54) is 5.41 Å². The maximum absolute atomic E-state index is 11.2. The lowest BCUT2D eigenvalue weighted by molar-refractivity contribution is 0.686. The summed E-state index contributed by atoms with van der Waals surface area (Å²) in [7, 11) is -1.13. The van der Waals surface area contributed by atoms with Crippen molar-refractivity contribution in [2.75, 3.05) is 0 Å². The van der Waals surface area contributed by atoms with Gasteiger partial charge in [0.25, 0.3) is 0 Å². The van der Waals surface area contributed by atoms with Crippen LogP contribution in [0.2, 0.25) is 0 Å². The molecule has 1 aliphatic heterocycles. The van der Waals surface area contributed by atoms with Crippen LogP contribution in [0.15, 0.2) is 28.8 Å². The van der Waals surface area contributed by atoms with Gasteiger partial charge in [0.15, 0.2) is 0 Å². The summed E-state index contributed by atoms with van der Waals surface area (Å²) in [5.74, 6) is 0. The minimum absolute atomic E-state index is 0.534. The molecule has 0 fully saturated rings. The maximum Gasteiger partial charge on any atom is 0.140 e. The zero-order valence-electron chi connectivity index (χ0n) is 5.45. The van der Waals surface area contributed by atoms with E-state index in [2.05, 4.69) is 4.98 Å². The molecular weight excluding hydrogens is 182 g/mol. The molecule has 0 spiro atoms. The average molecular weight is 186 g/mol. The van der Waals surface area contributed by atoms with Crippen molar-refractivity contribution in [3.8, 4) is 0 Å². The smallest absolute Gasteiger partial charge is 0.140 e. The van der Waals surface area contributed by atoms with E-state index >= 15 is 0 Å². The van der Waals surface area contributed by atoms with Crippen LogP contribution in [0.3, 0.4) is 0 Å². The van der Waals surface area contributed by atoms with Crippen molar-refractivity contribution in [1.29, 1.82) is 0 Å². The Balaban J connectivity index is 2.71. The number of hydrogen-bond donors (Lipinski definition) is 0. The van der Waals surface area contributed by atoms with E-state index in [4.69, 9.17) is 11.6 Å². The van der Waals surface area contributed by atoms with E-state index in [0.717, 1.165) is 5.56 Å². The fraction of sp³-hybridized carbons (Fsp3) is 0. The molecule has 0 radical (unpaired) electrons. The monoisotopic (exact) mass is 185 g/mol. The summed E-state index contributed by atoms with van der Waals surface area (Å²) in [6.07, 6.45) is 1.61. The van der Waals surface area contributed by atoms with Gasteiger partial charge in [-0.15, -0.1) is 0 Å². The largest absolute Gasteiger partial charge is 0.248 e. The Bertz CT molecular complexity index is 361. The van der Waals surface area contributed by atoms with Crippen LogP contribution in [0.5, 0.6) is 0 Å². The summed E-state index contributed by atoms with van der Waals surface area (Å²) in [5, 5.41) is 2.60. The standard InChI is InChI=1S/C7H4ClNOS/c8-6-4-11(10)7-5(6)2-1-3-9-7/h1-4H. The highest BCUT2D eigenvalue weighted by Crippen LogP contribution is 2.30. The third kappa shape index (κ3) is 1.01. The minimum Gasteiger partial charge on any atom is -0.248 e. The average Bonchev–Trinajstić information content (AvgIpc) is 2.30. The third-order valence-corrected chi connectivity index (χ3v) is 3.03. The number of halogens is 1. The number of hydrogen-bond acceptors (Lipinski definition) is 2. The van der Waals surface area contributed by atoms with Gasteiger partial charge in [-0.05, 0) is 12.1 Å². The molecule has 0 aromatic carbocycles. The lowest BCUT2D eigenvalue weighted by atomic mass is 10.3. The second-order valence-electron chi connectivity index (χ2n) is 2.12. The third-order valence-electron chi connectivity index (χ3n) is 1.43. The fourth-order valence-electron chi connectivity index (χ4n) is 0.946. The van der Waals surface area contributed by atoms with Crippen LogP contribution < -0.4 is 0 Å². The molecule has 0 bridgehead atoms. The van der Waals surface area contributed by atoms with Gasteiger partial charge in [0, 0.05) is 17.2 Å². The summed E-state index contributed by atoms with van der Waals surface area (Å²) in [5.41, 5.74) is 0.785. The molecule has 1 aromatic heterocycles. The lowest BCUT2D eigenvalue weighted by Gasteiger charge is -1.93. The highest BCUT2D eigenvalue weighted by Gasteiger charge is 2.18. The number of rotatable bonds is 0. The van der Waals surface area contributed by atoms with E-state index in [1.54, 1.807) is 12.3 Å². The Morgan fingerprint density at radius 2 is 2.36 bits per heavy atom. The van der Waals surface area contributed by atoms with Crippen LogP contribution in [0.25, 0.3) is 5.03 Å². The summed E-state index contributed by atoms with van der Waals surface area (Å²) in [4.78, 5) is 3.95. The van der Waals surface area contributed by atoms with Gasteiger partial charge in [-0.2, -0.15) is 0 Å². The van der Waals surface area contributed by atoms with Crippen molar-refractivity contribution in [3.63, 3.8) is 0 Å². The maximum atomic E-state index is 11.2. The van der Waals surface area contributed by atoms with Crippen molar-refractivity contribution in [3.05, 3.63) is 29.3 Å². The molecule has 0 saturated heterocycles. The molecule has 2 rings (SSSR count). The first-order valence-corrected chi connectivity index (χ1v) is 4.61. The van der Waals surface area contributed by atoms with E-state index in [-0.39, 0.29) is 0 Å². The molecule has 2 nitrogen and oxygen atoms in total. The summed E-state index contributed by atoms with van der Waals surface area (Å²) in [6.45, 7) is 0. The van der Waals surface area contributed by atoms with Gasteiger partial charge >= 0.3 is 0 Å². The summed E-state index contributed by atoms with van der Waals surface area (Å²) in [6, 6.07) is 3.59. The molecule has 1 aliphatic rings. The van der Waals surface area contributed by atoms with Crippen LogP contribution in [0.4, 0.5) is 0 Å². The summed E-state index contributed by atoms with van der Waals surface area (Å²) < 4.78 is 11.2. The van der Waals surface area contributed by atoms with Gasteiger partial charge in [0.05, 0.1) is 15.8 Å². The molecule has 0 saturated carbocycles. The summed E-state index contributed by atoms with van der Waals surface area (Å²) >= 11 is 5.77. The number of aromatic nitrogens is 1. The van der Waals surface area contributed by atoms with E-state index < -0.39 is 10.8 Å². The Morgan fingerprint density at radius 3 is 3.09 bits per heavy atom. The molecule has 1 atom stereocenters. The Kier molecular flexibility index (Phi) is 1.55. The van der Waals surface area contributed by atoms with Gasteiger partial charge in [-0.1, -0.05) is 11.6 Å². The first-order chi connectivity index (χ1) is 5.29. The van der Waals surface area contributed by atoms with Crippen molar-refractivity contribution in [2.45, 2.75) is 5.03 Å². The minimum atomic E-state index is -1.13. The second kappa shape index (κ2) is 2.43. The van der Waals surface area contributed by atoms with Crippen LogP contribution >= 0.6 is 11.6 Å². The van der Waals surface area contributed by atoms with E-state index in [9.17, 15) is 4.21 Å². The Labute approximate surface area is 71.4 Å². The fourth-order valence-corrected chi connectivity index (χ4v) is 2.38. The van der Waals surface area contributed by atoms with Crippen LogP contribution in [-0.2, 0) is 10.8 Å². The van der Waals surface area contributed by atoms with E-state index in [0.29, 0.717) is 10.1 Å². The second-order valence-corrected chi connectivity index (χ2v) is 3.74.